The minimum absolute atomic E-state index is 0.685. The largest absolute Gasteiger partial charge is 0.300 e. The average Bonchev–Trinajstić information content (AvgIpc) is 2.83. The number of piperidine rings is 1. The van der Waals surface area contributed by atoms with Crippen LogP contribution in [0.15, 0.2) is 0 Å². The van der Waals surface area contributed by atoms with Gasteiger partial charge in [-0.05, 0) is 25.7 Å². The molecule has 0 radical (unpaired) electrons. The molecule has 0 bridgehead atoms. The van der Waals surface area contributed by atoms with Crippen LogP contribution in [0.5, 0.6) is 0 Å². The van der Waals surface area contributed by atoms with E-state index >= 15 is 0 Å². The lowest BCUT2D eigenvalue weighted by atomic mass is 9.81. The van der Waals surface area contributed by atoms with Gasteiger partial charge in [0.1, 0.15) is 5.41 Å². The first kappa shape index (κ1) is 10.5. The van der Waals surface area contributed by atoms with E-state index in [1.165, 1.54) is 25.7 Å². The van der Waals surface area contributed by atoms with E-state index in [1.807, 2.05) is 0 Å². The molecule has 2 aliphatic rings. The van der Waals surface area contributed by atoms with Crippen molar-refractivity contribution < 1.29 is 0 Å². The molecule has 2 rings (SSSR count). The highest BCUT2D eigenvalue weighted by Gasteiger charge is 2.37. The van der Waals surface area contributed by atoms with E-state index in [2.05, 4.69) is 17.0 Å². The Kier molecular flexibility index (Phi) is 2.93. The summed E-state index contributed by atoms with van der Waals surface area (Å²) in [6.07, 6.45) is 6.79. The summed E-state index contributed by atoms with van der Waals surface area (Å²) in [7, 11) is 0. The molecule has 80 valence electrons. The van der Waals surface area contributed by atoms with Gasteiger partial charge in [-0.3, -0.25) is 0 Å². The lowest BCUT2D eigenvalue weighted by molar-refractivity contribution is 0.128. The van der Waals surface area contributed by atoms with E-state index in [1.54, 1.807) is 0 Å². The molecular weight excluding hydrogens is 186 g/mol. The molecule has 0 spiro atoms. The van der Waals surface area contributed by atoms with Crippen molar-refractivity contribution in [3.8, 4) is 12.1 Å². The van der Waals surface area contributed by atoms with E-state index in [0.717, 1.165) is 32.0 Å². The summed E-state index contributed by atoms with van der Waals surface area (Å²) in [6.45, 7) is 1.87. The fourth-order valence-corrected chi connectivity index (χ4v) is 2.79. The van der Waals surface area contributed by atoms with Crippen LogP contribution < -0.4 is 0 Å². The van der Waals surface area contributed by atoms with Gasteiger partial charge in [-0.15, -0.1) is 0 Å². The first-order valence-electron chi connectivity index (χ1n) is 5.86. The summed E-state index contributed by atoms with van der Waals surface area (Å²) in [6, 6.07) is 5.12. The van der Waals surface area contributed by atoms with Crippen molar-refractivity contribution in [2.24, 2.45) is 5.41 Å². The number of rotatable bonds is 1. The minimum Gasteiger partial charge on any atom is -0.300 e. The first-order chi connectivity index (χ1) is 7.29. The normalized spacial score (nSPS) is 27.1. The lowest BCUT2D eigenvalue weighted by Crippen LogP contribution is -2.43. The van der Waals surface area contributed by atoms with Crippen molar-refractivity contribution in [1.82, 2.24) is 4.90 Å². The molecule has 1 aliphatic carbocycles. The first-order valence-corrected chi connectivity index (χ1v) is 5.86. The maximum Gasteiger partial charge on any atom is 0.146 e. The van der Waals surface area contributed by atoms with Crippen molar-refractivity contribution in [2.45, 2.75) is 44.6 Å². The molecular formula is C12H17N3. The van der Waals surface area contributed by atoms with Crippen LogP contribution in [0.3, 0.4) is 0 Å². The fraction of sp³-hybridized carbons (Fsp3) is 0.833. The zero-order valence-corrected chi connectivity index (χ0v) is 9.08. The molecule has 0 atom stereocenters. The second-order valence-corrected chi connectivity index (χ2v) is 4.78. The summed E-state index contributed by atoms with van der Waals surface area (Å²) < 4.78 is 0. The molecule has 2 fully saturated rings. The molecule has 0 N–H and O–H groups in total. The van der Waals surface area contributed by atoms with Gasteiger partial charge >= 0.3 is 0 Å². The van der Waals surface area contributed by atoms with Crippen molar-refractivity contribution >= 4 is 0 Å². The van der Waals surface area contributed by atoms with Crippen LogP contribution >= 0.6 is 0 Å². The molecule has 1 heterocycles. The maximum absolute atomic E-state index is 9.00. The van der Waals surface area contributed by atoms with Crippen LogP contribution in [-0.2, 0) is 0 Å². The molecule has 1 saturated carbocycles. The van der Waals surface area contributed by atoms with E-state index < -0.39 is 5.41 Å². The second kappa shape index (κ2) is 4.21. The van der Waals surface area contributed by atoms with E-state index in [9.17, 15) is 0 Å². The summed E-state index contributed by atoms with van der Waals surface area (Å²) in [5, 5.41) is 18.0. The van der Waals surface area contributed by atoms with Gasteiger partial charge in [0.15, 0.2) is 0 Å². The highest BCUT2D eigenvalue weighted by molar-refractivity contribution is 5.15. The molecule has 0 aromatic heterocycles. The molecule has 3 nitrogen and oxygen atoms in total. The highest BCUT2D eigenvalue weighted by atomic mass is 15.2. The Morgan fingerprint density at radius 2 is 1.53 bits per heavy atom. The Morgan fingerprint density at radius 1 is 1.00 bits per heavy atom. The van der Waals surface area contributed by atoms with Gasteiger partial charge in [-0.1, -0.05) is 12.8 Å². The monoisotopic (exact) mass is 203 g/mol. The molecule has 0 aromatic rings. The Bertz CT molecular complexity index is 280. The number of hydrogen-bond donors (Lipinski definition) is 0. The van der Waals surface area contributed by atoms with Gasteiger partial charge in [-0.25, -0.2) is 0 Å². The van der Waals surface area contributed by atoms with Crippen LogP contribution in [0.1, 0.15) is 38.5 Å². The lowest BCUT2D eigenvalue weighted by Gasteiger charge is -2.36. The number of likely N-dealkylation sites (tertiary alicyclic amines) is 1. The van der Waals surface area contributed by atoms with Crippen molar-refractivity contribution in [3.63, 3.8) is 0 Å². The van der Waals surface area contributed by atoms with Gasteiger partial charge in [0, 0.05) is 19.1 Å². The molecule has 0 unspecified atom stereocenters. The summed E-state index contributed by atoms with van der Waals surface area (Å²) >= 11 is 0. The average molecular weight is 203 g/mol. The van der Waals surface area contributed by atoms with Crippen LogP contribution in [0.25, 0.3) is 0 Å². The molecule has 0 aromatic carbocycles. The van der Waals surface area contributed by atoms with Crippen LogP contribution in [0.4, 0.5) is 0 Å². The standard InChI is InChI=1S/C12H17N3/c13-9-12(10-14)5-7-15(8-6-12)11-3-1-2-4-11/h11H,1-8H2. The molecule has 0 amide bonds. The smallest absolute Gasteiger partial charge is 0.146 e. The zero-order valence-electron chi connectivity index (χ0n) is 9.08. The summed E-state index contributed by atoms with van der Waals surface area (Å²) in [4.78, 5) is 2.49. The third-order valence-electron chi connectivity index (χ3n) is 3.92. The Balaban J connectivity index is 1.92. The van der Waals surface area contributed by atoms with E-state index in [4.69, 9.17) is 10.5 Å². The SMILES string of the molecule is N#CC1(C#N)CCN(C2CCCC2)CC1. The number of nitriles is 2. The highest BCUT2D eigenvalue weighted by Crippen LogP contribution is 2.33. The van der Waals surface area contributed by atoms with Crippen molar-refractivity contribution in [2.75, 3.05) is 13.1 Å². The third-order valence-corrected chi connectivity index (χ3v) is 3.92. The van der Waals surface area contributed by atoms with E-state index in [-0.39, 0.29) is 0 Å². The van der Waals surface area contributed by atoms with Crippen LogP contribution in [0.2, 0.25) is 0 Å². The molecule has 1 saturated heterocycles. The topological polar surface area (TPSA) is 50.8 Å². The number of hydrogen-bond acceptors (Lipinski definition) is 3. The predicted octanol–water partition coefficient (Wildman–Crippen LogP) is 2.06. The van der Waals surface area contributed by atoms with Crippen molar-refractivity contribution in [1.29, 1.82) is 10.5 Å². The zero-order chi connectivity index (χ0) is 10.7. The third kappa shape index (κ3) is 1.98. The fourth-order valence-electron chi connectivity index (χ4n) is 2.79. The Morgan fingerprint density at radius 3 is 2.00 bits per heavy atom. The summed E-state index contributed by atoms with van der Waals surface area (Å²) in [5.74, 6) is 0. The predicted molar refractivity (Wildman–Crippen MR) is 56.7 cm³/mol. The molecule has 3 heteroatoms. The second-order valence-electron chi connectivity index (χ2n) is 4.78. The molecule has 1 aliphatic heterocycles. The Labute approximate surface area is 91.3 Å². The minimum atomic E-state index is -0.685. The number of nitrogens with zero attached hydrogens (tertiary/aromatic N) is 3. The Hall–Kier alpha value is -1.06. The van der Waals surface area contributed by atoms with E-state index in [0.29, 0.717) is 0 Å². The van der Waals surface area contributed by atoms with Gasteiger partial charge in [0.2, 0.25) is 0 Å². The van der Waals surface area contributed by atoms with Gasteiger partial charge in [0.25, 0.3) is 0 Å². The maximum atomic E-state index is 9.00. The molecule has 15 heavy (non-hydrogen) atoms. The van der Waals surface area contributed by atoms with Crippen molar-refractivity contribution in [3.05, 3.63) is 0 Å². The van der Waals surface area contributed by atoms with Gasteiger partial charge in [-0.2, -0.15) is 10.5 Å². The summed E-state index contributed by atoms with van der Waals surface area (Å²) in [5.41, 5.74) is -0.685. The van der Waals surface area contributed by atoms with Crippen LogP contribution in [-0.4, -0.2) is 24.0 Å². The van der Waals surface area contributed by atoms with Gasteiger partial charge < -0.3 is 4.90 Å². The quantitative estimate of drug-likeness (QED) is 0.655. The van der Waals surface area contributed by atoms with Crippen LogP contribution in [0, 0.1) is 28.1 Å². The van der Waals surface area contributed by atoms with Gasteiger partial charge in [0.05, 0.1) is 12.1 Å².